The Hall–Kier alpha value is -2.54. The lowest BCUT2D eigenvalue weighted by molar-refractivity contribution is -0.122. The van der Waals surface area contributed by atoms with Gasteiger partial charge in [0.05, 0.1) is 11.9 Å². The summed E-state index contributed by atoms with van der Waals surface area (Å²) in [5, 5.41) is 2.86. The lowest BCUT2D eigenvalue weighted by atomic mass is 10.1. The van der Waals surface area contributed by atoms with Gasteiger partial charge in [-0.3, -0.25) is 9.10 Å². The zero-order chi connectivity index (χ0) is 20.0. The molecule has 27 heavy (non-hydrogen) atoms. The molecular weight excluding hydrogens is 362 g/mol. The van der Waals surface area contributed by atoms with Gasteiger partial charge in [0.25, 0.3) is 0 Å². The minimum absolute atomic E-state index is 0.316. The summed E-state index contributed by atoms with van der Waals surface area (Å²) in [6, 6.07) is 15.7. The van der Waals surface area contributed by atoms with Crippen molar-refractivity contribution >= 4 is 27.3 Å². The molecule has 0 aliphatic heterocycles. The number of rotatable bonds is 8. The van der Waals surface area contributed by atoms with E-state index in [4.69, 9.17) is 0 Å². The summed E-state index contributed by atoms with van der Waals surface area (Å²) in [5.74, 6) is -0.316. The summed E-state index contributed by atoms with van der Waals surface area (Å²) in [5.41, 5.74) is 2.51. The standard InChI is InChI=1S/C20H27N3O3S/c1-5-19(23(27(4,25)26)18-9-7-6-8-10-18)20(24)21-15-16-11-13-17(14-12-16)22(2)3/h6-14,19H,5,15H2,1-4H3,(H,21,24). The van der Waals surface area contributed by atoms with Crippen LogP contribution in [0, 0.1) is 0 Å². The molecule has 0 bridgehead atoms. The molecule has 0 aliphatic rings. The highest BCUT2D eigenvalue weighted by molar-refractivity contribution is 7.92. The number of para-hydroxylation sites is 1. The highest BCUT2D eigenvalue weighted by atomic mass is 32.2. The van der Waals surface area contributed by atoms with Gasteiger partial charge in [-0.25, -0.2) is 8.42 Å². The van der Waals surface area contributed by atoms with Gasteiger partial charge in [-0.2, -0.15) is 0 Å². The summed E-state index contributed by atoms with van der Waals surface area (Å²) in [6.07, 6.45) is 1.49. The molecule has 1 atom stereocenters. The van der Waals surface area contributed by atoms with Crippen LogP contribution in [0.4, 0.5) is 11.4 Å². The first-order valence-electron chi connectivity index (χ1n) is 8.82. The molecule has 2 rings (SSSR count). The molecule has 1 N–H and O–H groups in total. The number of carbonyl (C=O) groups is 1. The molecule has 0 spiro atoms. The number of nitrogens with zero attached hydrogens (tertiary/aromatic N) is 2. The molecule has 6 nitrogen and oxygen atoms in total. The fourth-order valence-corrected chi connectivity index (χ4v) is 4.07. The van der Waals surface area contributed by atoms with E-state index in [0.29, 0.717) is 18.7 Å². The van der Waals surface area contributed by atoms with Crippen LogP contribution in [0.2, 0.25) is 0 Å². The highest BCUT2D eigenvalue weighted by Gasteiger charge is 2.31. The molecule has 2 aromatic carbocycles. The lowest BCUT2D eigenvalue weighted by Gasteiger charge is -2.30. The summed E-state index contributed by atoms with van der Waals surface area (Å²) >= 11 is 0. The van der Waals surface area contributed by atoms with Gasteiger partial charge in [0.1, 0.15) is 6.04 Å². The maximum atomic E-state index is 12.8. The number of benzene rings is 2. The smallest absolute Gasteiger partial charge is 0.244 e. The van der Waals surface area contributed by atoms with Gasteiger partial charge in [-0.1, -0.05) is 37.3 Å². The second kappa shape index (κ2) is 8.90. The van der Waals surface area contributed by atoms with Crippen LogP contribution in [-0.4, -0.2) is 40.7 Å². The largest absolute Gasteiger partial charge is 0.378 e. The summed E-state index contributed by atoms with van der Waals surface area (Å²) < 4.78 is 25.9. The van der Waals surface area contributed by atoms with Crippen LogP contribution in [0.1, 0.15) is 18.9 Å². The van der Waals surface area contributed by atoms with Crippen LogP contribution < -0.4 is 14.5 Å². The number of anilines is 2. The van der Waals surface area contributed by atoms with Crippen LogP contribution >= 0.6 is 0 Å². The van der Waals surface area contributed by atoms with Crippen molar-refractivity contribution in [1.82, 2.24) is 5.32 Å². The average molecular weight is 390 g/mol. The van der Waals surface area contributed by atoms with Crippen molar-refractivity contribution in [2.45, 2.75) is 25.9 Å². The van der Waals surface area contributed by atoms with E-state index in [0.717, 1.165) is 17.5 Å². The second-order valence-corrected chi connectivity index (χ2v) is 8.46. The third-order valence-electron chi connectivity index (χ3n) is 4.26. The van der Waals surface area contributed by atoms with Gasteiger partial charge in [0.15, 0.2) is 0 Å². The molecule has 146 valence electrons. The van der Waals surface area contributed by atoms with Crippen LogP contribution in [0.25, 0.3) is 0 Å². The molecule has 0 saturated carbocycles. The van der Waals surface area contributed by atoms with Gasteiger partial charge in [-0.05, 0) is 36.2 Å². The summed E-state index contributed by atoms with van der Waals surface area (Å²) in [6.45, 7) is 2.15. The molecule has 0 radical (unpaired) electrons. The highest BCUT2D eigenvalue weighted by Crippen LogP contribution is 2.22. The second-order valence-electron chi connectivity index (χ2n) is 6.60. The van der Waals surface area contributed by atoms with Gasteiger partial charge >= 0.3 is 0 Å². The zero-order valence-corrected chi connectivity index (χ0v) is 17.0. The SMILES string of the molecule is CCC(C(=O)NCc1ccc(N(C)C)cc1)N(c1ccccc1)S(C)(=O)=O. The Morgan fingerprint density at radius 1 is 1.00 bits per heavy atom. The first-order chi connectivity index (χ1) is 12.7. The minimum Gasteiger partial charge on any atom is -0.378 e. The average Bonchev–Trinajstić information content (AvgIpc) is 2.64. The maximum Gasteiger partial charge on any atom is 0.244 e. The van der Waals surface area contributed by atoms with Crippen LogP contribution in [0.3, 0.4) is 0 Å². The van der Waals surface area contributed by atoms with Gasteiger partial charge in [-0.15, -0.1) is 0 Å². The first-order valence-corrected chi connectivity index (χ1v) is 10.7. The molecule has 0 aliphatic carbocycles. The predicted molar refractivity (Wildman–Crippen MR) is 110 cm³/mol. The minimum atomic E-state index is -3.61. The number of hydrogen-bond donors (Lipinski definition) is 1. The van der Waals surface area contributed by atoms with E-state index in [1.807, 2.05) is 49.3 Å². The number of carbonyl (C=O) groups excluding carboxylic acids is 1. The molecular formula is C20H27N3O3S. The molecule has 7 heteroatoms. The first kappa shape index (κ1) is 20.8. The summed E-state index contributed by atoms with van der Waals surface area (Å²) in [4.78, 5) is 14.8. The van der Waals surface area contributed by atoms with Crippen LogP contribution in [0.15, 0.2) is 54.6 Å². The maximum absolute atomic E-state index is 12.8. The Bertz CT molecular complexity index is 850. The van der Waals surface area contributed by atoms with Gasteiger partial charge in [0, 0.05) is 26.3 Å². The Morgan fingerprint density at radius 2 is 1.59 bits per heavy atom. The number of hydrogen-bond acceptors (Lipinski definition) is 4. The van der Waals surface area contributed by atoms with Gasteiger partial charge in [0.2, 0.25) is 15.9 Å². The van der Waals surface area contributed by atoms with Crippen molar-refractivity contribution < 1.29 is 13.2 Å². The zero-order valence-electron chi connectivity index (χ0n) is 16.2. The number of nitrogens with one attached hydrogen (secondary N) is 1. The van der Waals surface area contributed by atoms with Gasteiger partial charge < -0.3 is 10.2 Å². The molecule has 1 amide bonds. The van der Waals surface area contributed by atoms with Crippen molar-refractivity contribution in [2.24, 2.45) is 0 Å². The molecule has 2 aromatic rings. The molecule has 0 saturated heterocycles. The van der Waals surface area contributed by atoms with Crippen molar-refractivity contribution in [3.05, 3.63) is 60.2 Å². The molecule has 0 heterocycles. The third kappa shape index (κ3) is 5.47. The Labute approximate surface area is 161 Å². The van der Waals surface area contributed by atoms with E-state index in [1.54, 1.807) is 31.2 Å². The van der Waals surface area contributed by atoms with E-state index < -0.39 is 16.1 Å². The molecule has 0 aromatic heterocycles. The number of amides is 1. The van der Waals surface area contributed by atoms with Crippen molar-refractivity contribution in [3.8, 4) is 0 Å². The Balaban J connectivity index is 2.15. The normalized spacial score (nSPS) is 12.3. The predicted octanol–water partition coefficient (Wildman–Crippen LogP) is 2.61. The number of sulfonamides is 1. The Morgan fingerprint density at radius 3 is 2.07 bits per heavy atom. The van der Waals surface area contributed by atoms with E-state index in [-0.39, 0.29) is 5.91 Å². The third-order valence-corrected chi connectivity index (χ3v) is 5.44. The fourth-order valence-electron chi connectivity index (χ4n) is 2.85. The van der Waals surface area contributed by atoms with E-state index in [9.17, 15) is 13.2 Å². The molecule has 0 fully saturated rings. The van der Waals surface area contributed by atoms with Crippen molar-refractivity contribution in [2.75, 3.05) is 29.6 Å². The van der Waals surface area contributed by atoms with E-state index in [2.05, 4.69) is 5.32 Å². The van der Waals surface area contributed by atoms with Crippen LogP contribution in [0.5, 0.6) is 0 Å². The summed E-state index contributed by atoms with van der Waals surface area (Å²) in [7, 11) is 0.323. The topological polar surface area (TPSA) is 69.7 Å². The van der Waals surface area contributed by atoms with E-state index in [1.165, 1.54) is 4.31 Å². The fraction of sp³-hybridized carbons (Fsp3) is 0.350. The van der Waals surface area contributed by atoms with Crippen molar-refractivity contribution in [3.63, 3.8) is 0 Å². The van der Waals surface area contributed by atoms with Crippen molar-refractivity contribution in [1.29, 1.82) is 0 Å². The molecule has 1 unspecified atom stereocenters. The van der Waals surface area contributed by atoms with Crippen LogP contribution in [-0.2, 0) is 21.4 Å². The van der Waals surface area contributed by atoms with E-state index >= 15 is 0 Å². The monoisotopic (exact) mass is 389 g/mol. The Kier molecular flexibility index (Phi) is 6.85. The quantitative estimate of drug-likeness (QED) is 0.753. The lowest BCUT2D eigenvalue weighted by Crippen LogP contribution is -2.49.